The number of nitro groups is 1. The Labute approximate surface area is 190 Å². The number of rotatable bonds is 7. The van der Waals surface area contributed by atoms with Crippen molar-refractivity contribution < 1.29 is 14.1 Å². The van der Waals surface area contributed by atoms with Crippen LogP contribution in [0.15, 0.2) is 77.2 Å². The highest BCUT2D eigenvalue weighted by Crippen LogP contribution is 2.29. The van der Waals surface area contributed by atoms with Crippen LogP contribution in [0.1, 0.15) is 37.3 Å². The second-order valence-corrected chi connectivity index (χ2v) is 7.81. The molecule has 0 aliphatic carbocycles. The number of nitrogens with zero attached hydrogens (tertiary/aromatic N) is 2. The average molecular weight is 441 g/mol. The van der Waals surface area contributed by atoms with E-state index < -0.39 is 4.92 Å². The van der Waals surface area contributed by atoms with E-state index in [9.17, 15) is 14.9 Å². The van der Waals surface area contributed by atoms with Crippen LogP contribution in [-0.4, -0.2) is 15.8 Å². The third-order valence-electron chi connectivity index (χ3n) is 5.48. The lowest BCUT2D eigenvalue weighted by Gasteiger charge is -2.07. The maximum Gasteiger partial charge on any atom is 0.270 e. The highest BCUT2D eigenvalue weighted by Gasteiger charge is 2.12. The first-order chi connectivity index (χ1) is 15.9. The predicted molar refractivity (Wildman–Crippen MR) is 129 cm³/mol. The van der Waals surface area contributed by atoms with Gasteiger partial charge in [0.05, 0.1) is 4.92 Å². The third kappa shape index (κ3) is 5.15. The Morgan fingerprint density at radius 3 is 2.76 bits per heavy atom. The van der Waals surface area contributed by atoms with Crippen molar-refractivity contribution in [2.75, 3.05) is 5.32 Å². The third-order valence-corrected chi connectivity index (χ3v) is 5.48. The molecule has 1 heterocycles. The summed E-state index contributed by atoms with van der Waals surface area (Å²) in [4.78, 5) is 27.4. The zero-order valence-electron chi connectivity index (χ0n) is 18.3. The van der Waals surface area contributed by atoms with Gasteiger partial charge in [-0.2, -0.15) is 0 Å². The number of benzene rings is 3. The number of hydrogen-bond donors (Lipinski definition) is 1. The number of amides is 1. The summed E-state index contributed by atoms with van der Waals surface area (Å²) in [5, 5.41) is 13.7. The summed E-state index contributed by atoms with van der Waals surface area (Å²) in [6, 6.07) is 19.4. The Bertz CT molecular complexity index is 1360. The van der Waals surface area contributed by atoms with Crippen molar-refractivity contribution in [3.05, 3.63) is 94.0 Å². The monoisotopic (exact) mass is 441 g/mol. The number of anilines is 1. The molecule has 4 rings (SSSR count). The summed E-state index contributed by atoms with van der Waals surface area (Å²) in [5.74, 6) is 0.576. The highest BCUT2D eigenvalue weighted by molar-refractivity contribution is 6.02. The number of carbonyl (C=O) groups excluding carboxylic acids is 1. The number of carbonyl (C=O) groups is 1. The summed E-state index contributed by atoms with van der Waals surface area (Å²) in [6.45, 7) is 4.34. The largest absolute Gasteiger partial charge is 0.436 e. The van der Waals surface area contributed by atoms with Gasteiger partial charge in [-0.1, -0.05) is 38.1 Å². The molecular weight excluding hydrogens is 418 g/mol. The van der Waals surface area contributed by atoms with Gasteiger partial charge >= 0.3 is 0 Å². The molecule has 1 N–H and O–H groups in total. The van der Waals surface area contributed by atoms with Gasteiger partial charge in [0.15, 0.2) is 5.58 Å². The van der Waals surface area contributed by atoms with Crippen LogP contribution in [0.25, 0.3) is 28.6 Å². The molecule has 1 atom stereocenters. The molecule has 1 aromatic heterocycles. The van der Waals surface area contributed by atoms with E-state index in [4.69, 9.17) is 4.42 Å². The fraction of sp³-hybridized carbons (Fsp3) is 0.154. The number of nitro benzene ring substituents is 1. The van der Waals surface area contributed by atoms with Gasteiger partial charge in [0.25, 0.3) is 5.69 Å². The standard InChI is InChI=1S/C26H23N3O4/c1-3-17(2)19-11-12-24-23(16-19)28-26(33-24)20-7-5-8-21(15-20)27-25(30)13-10-18-6-4-9-22(14-18)29(31)32/h4-17H,3H2,1-2H3,(H,27,30)/b13-10+. The molecule has 0 fully saturated rings. The second-order valence-electron chi connectivity index (χ2n) is 7.81. The van der Waals surface area contributed by atoms with Crippen LogP contribution in [0.3, 0.4) is 0 Å². The first-order valence-corrected chi connectivity index (χ1v) is 10.7. The van der Waals surface area contributed by atoms with Crippen LogP contribution in [0.4, 0.5) is 11.4 Å². The molecule has 33 heavy (non-hydrogen) atoms. The zero-order valence-corrected chi connectivity index (χ0v) is 18.3. The molecule has 0 aliphatic rings. The van der Waals surface area contributed by atoms with Crippen molar-refractivity contribution in [1.82, 2.24) is 4.98 Å². The van der Waals surface area contributed by atoms with E-state index in [-0.39, 0.29) is 11.6 Å². The minimum atomic E-state index is -0.472. The lowest BCUT2D eigenvalue weighted by Crippen LogP contribution is -2.07. The number of aromatic nitrogens is 1. The molecular formula is C26H23N3O4. The Morgan fingerprint density at radius 2 is 1.97 bits per heavy atom. The normalized spacial score (nSPS) is 12.2. The average Bonchev–Trinajstić information content (AvgIpc) is 3.26. The van der Waals surface area contributed by atoms with Crippen LogP contribution < -0.4 is 5.32 Å². The fourth-order valence-corrected chi connectivity index (χ4v) is 3.44. The molecule has 166 valence electrons. The maximum atomic E-state index is 12.4. The van der Waals surface area contributed by atoms with E-state index in [1.807, 2.05) is 18.2 Å². The van der Waals surface area contributed by atoms with Crippen LogP contribution in [-0.2, 0) is 4.79 Å². The minimum absolute atomic E-state index is 0.0279. The number of hydrogen-bond acceptors (Lipinski definition) is 5. The van der Waals surface area contributed by atoms with E-state index in [1.54, 1.807) is 24.3 Å². The van der Waals surface area contributed by atoms with Crippen molar-refractivity contribution in [1.29, 1.82) is 0 Å². The number of oxazole rings is 1. The topological polar surface area (TPSA) is 98.3 Å². The molecule has 1 unspecified atom stereocenters. The molecule has 0 saturated carbocycles. The van der Waals surface area contributed by atoms with Crippen LogP contribution in [0, 0.1) is 10.1 Å². The summed E-state index contributed by atoms with van der Waals surface area (Å²) < 4.78 is 5.93. The smallest absolute Gasteiger partial charge is 0.270 e. The molecule has 0 spiro atoms. The van der Waals surface area contributed by atoms with Crippen LogP contribution in [0.2, 0.25) is 0 Å². The van der Waals surface area contributed by atoms with Crippen molar-refractivity contribution in [2.45, 2.75) is 26.2 Å². The SMILES string of the molecule is CCC(C)c1ccc2oc(-c3cccc(NC(=O)/C=C/c4cccc([N+](=O)[O-])c4)c3)nc2c1. The molecule has 7 heteroatoms. The summed E-state index contributed by atoms with van der Waals surface area (Å²) in [6.07, 6.45) is 3.91. The van der Waals surface area contributed by atoms with E-state index in [1.165, 1.54) is 29.8 Å². The summed E-state index contributed by atoms with van der Waals surface area (Å²) in [7, 11) is 0. The van der Waals surface area contributed by atoms with Crippen molar-refractivity contribution in [3.63, 3.8) is 0 Å². The Morgan fingerprint density at radius 1 is 1.15 bits per heavy atom. The Kier molecular flexibility index (Phi) is 6.31. The summed E-state index contributed by atoms with van der Waals surface area (Å²) in [5.41, 5.74) is 4.61. The lowest BCUT2D eigenvalue weighted by molar-refractivity contribution is -0.384. The van der Waals surface area contributed by atoms with Crippen molar-refractivity contribution in [3.8, 4) is 11.5 Å². The first-order valence-electron chi connectivity index (χ1n) is 10.7. The maximum absolute atomic E-state index is 12.4. The first kappa shape index (κ1) is 22.0. The van der Waals surface area contributed by atoms with Gasteiger partial charge in [0.2, 0.25) is 11.8 Å². The predicted octanol–water partition coefficient (Wildman–Crippen LogP) is 6.57. The van der Waals surface area contributed by atoms with Gasteiger partial charge in [-0.25, -0.2) is 4.98 Å². The van der Waals surface area contributed by atoms with Crippen molar-refractivity contribution >= 4 is 34.5 Å². The van der Waals surface area contributed by atoms with Gasteiger partial charge in [-0.3, -0.25) is 14.9 Å². The number of nitrogens with one attached hydrogen (secondary N) is 1. The zero-order chi connectivity index (χ0) is 23.4. The van der Waals surface area contributed by atoms with Crippen LogP contribution >= 0.6 is 0 Å². The Balaban J connectivity index is 1.50. The minimum Gasteiger partial charge on any atom is -0.436 e. The van der Waals surface area contributed by atoms with E-state index in [0.717, 1.165) is 17.5 Å². The van der Waals surface area contributed by atoms with Gasteiger partial charge in [0, 0.05) is 29.5 Å². The van der Waals surface area contributed by atoms with E-state index >= 15 is 0 Å². The molecule has 7 nitrogen and oxygen atoms in total. The molecule has 1 amide bonds. The van der Waals surface area contributed by atoms with Crippen LogP contribution in [0.5, 0.6) is 0 Å². The highest BCUT2D eigenvalue weighted by atomic mass is 16.6. The quantitative estimate of drug-likeness (QED) is 0.199. The van der Waals surface area contributed by atoms with Gasteiger partial charge in [-0.05, 0) is 59.9 Å². The van der Waals surface area contributed by atoms with Crippen molar-refractivity contribution in [2.24, 2.45) is 0 Å². The molecule has 4 aromatic rings. The second kappa shape index (κ2) is 9.48. The van der Waals surface area contributed by atoms with Gasteiger partial charge in [0.1, 0.15) is 5.52 Å². The Hall–Kier alpha value is -4.26. The van der Waals surface area contributed by atoms with E-state index in [0.29, 0.717) is 28.6 Å². The van der Waals surface area contributed by atoms with E-state index in [2.05, 4.69) is 36.3 Å². The molecule has 3 aromatic carbocycles. The molecule has 0 bridgehead atoms. The molecule has 0 aliphatic heterocycles. The lowest BCUT2D eigenvalue weighted by atomic mass is 9.98. The van der Waals surface area contributed by atoms with Gasteiger partial charge in [-0.15, -0.1) is 0 Å². The molecule has 0 radical (unpaired) electrons. The molecule has 0 saturated heterocycles. The summed E-state index contributed by atoms with van der Waals surface area (Å²) >= 11 is 0. The number of non-ortho nitro benzene ring substituents is 1. The fourth-order valence-electron chi connectivity index (χ4n) is 3.44. The number of fused-ring (bicyclic) bond motifs is 1. The van der Waals surface area contributed by atoms with Gasteiger partial charge < -0.3 is 9.73 Å².